The summed E-state index contributed by atoms with van der Waals surface area (Å²) >= 11 is 0. The predicted molar refractivity (Wildman–Crippen MR) is 75.0 cm³/mol. The second-order valence-electron chi connectivity index (χ2n) is 4.31. The van der Waals surface area contributed by atoms with Gasteiger partial charge in [-0.05, 0) is 19.5 Å². The van der Waals surface area contributed by atoms with Crippen LogP contribution in [0.15, 0.2) is 24.3 Å². The second kappa shape index (κ2) is 9.92. The van der Waals surface area contributed by atoms with E-state index in [1.165, 1.54) is 18.4 Å². The van der Waals surface area contributed by atoms with Crippen LogP contribution in [0.25, 0.3) is 0 Å². The van der Waals surface area contributed by atoms with Gasteiger partial charge < -0.3 is 14.8 Å². The van der Waals surface area contributed by atoms with Gasteiger partial charge >= 0.3 is 0 Å². The van der Waals surface area contributed by atoms with Crippen molar-refractivity contribution in [2.45, 2.75) is 32.7 Å². The molecule has 0 radical (unpaired) electrons. The molecule has 1 aromatic rings. The van der Waals surface area contributed by atoms with Gasteiger partial charge in [0.15, 0.2) is 0 Å². The van der Waals surface area contributed by atoms with Gasteiger partial charge in [0.1, 0.15) is 12.4 Å². The lowest BCUT2D eigenvalue weighted by molar-refractivity contribution is 0.0970. The minimum absolute atomic E-state index is 0.618. The maximum Gasteiger partial charge on any atom is 0.123 e. The standard InChI is InChI=1S/C15H25NO2/c1-3-4-7-10-17-11-12-18-15-9-6-5-8-14(15)13-16-2/h5-6,8-9,16H,3-4,7,10-13H2,1-2H3. The molecule has 0 atom stereocenters. The van der Waals surface area contributed by atoms with Gasteiger partial charge in [-0.15, -0.1) is 0 Å². The summed E-state index contributed by atoms with van der Waals surface area (Å²) in [6.45, 7) is 5.15. The van der Waals surface area contributed by atoms with Crippen LogP contribution in [-0.2, 0) is 11.3 Å². The summed E-state index contributed by atoms with van der Waals surface area (Å²) in [7, 11) is 1.94. The Morgan fingerprint density at radius 2 is 1.89 bits per heavy atom. The van der Waals surface area contributed by atoms with Crippen molar-refractivity contribution in [3.05, 3.63) is 29.8 Å². The molecule has 1 N–H and O–H groups in total. The molecule has 18 heavy (non-hydrogen) atoms. The van der Waals surface area contributed by atoms with Crippen LogP contribution in [0.3, 0.4) is 0 Å². The molecule has 0 amide bonds. The first kappa shape index (κ1) is 15.0. The first-order chi connectivity index (χ1) is 8.88. The molecule has 0 unspecified atom stereocenters. The first-order valence-corrected chi connectivity index (χ1v) is 6.81. The number of hydrogen-bond donors (Lipinski definition) is 1. The average Bonchev–Trinajstić information content (AvgIpc) is 2.40. The Labute approximate surface area is 110 Å². The van der Waals surface area contributed by atoms with Crippen LogP contribution in [0.4, 0.5) is 0 Å². The van der Waals surface area contributed by atoms with Gasteiger partial charge in [-0.2, -0.15) is 0 Å². The molecule has 0 bridgehead atoms. The van der Waals surface area contributed by atoms with Crippen LogP contribution in [-0.4, -0.2) is 26.9 Å². The molecule has 0 aliphatic heterocycles. The number of ether oxygens (including phenoxy) is 2. The van der Waals surface area contributed by atoms with Crippen molar-refractivity contribution in [2.24, 2.45) is 0 Å². The Morgan fingerprint density at radius 1 is 1.06 bits per heavy atom. The van der Waals surface area contributed by atoms with Crippen LogP contribution in [0, 0.1) is 0 Å². The molecule has 0 saturated heterocycles. The third-order valence-electron chi connectivity index (χ3n) is 2.72. The molecule has 1 aromatic carbocycles. The highest BCUT2D eigenvalue weighted by Crippen LogP contribution is 2.17. The van der Waals surface area contributed by atoms with Crippen molar-refractivity contribution < 1.29 is 9.47 Å². The molecule has 3 nitrogen and oxygen atoms in total. The summed E-state index contributed by atoms with van der Waals surface area (Å²) in [6, 6.07) is 8.11. The fourth-order valence-corrected chi connectivity index (χ4v) is 1.75. The smallest absolute Gasteiger partial charge is 0.123 e. The largest absolute Gasteiger partial charge is 0.491 e. The van der Waals surface area contributed by atoms with Crippen LogP contribution in [0.5, 0.6) is 5.75 Å². The maximum atomic E-state index is 5.73. The number of benzene rings is 1. The Morgan fingerprint density at radius 3 is 2.67 bits per heavy atom. The zero-order chi connectivity index (χ0) is 13.1. The molecule has 0 aromatic heterocycles. The highest BCUT2D eigenvalue weighted by molar-refractivity contribution is 5.33. The molecular weight excluding hydrogens is 226 g/mol. The summed E-state index contributed by atoms with van der Waals surface area (Å²) in [5.74, 6) is 0.948. The number of nitrogens with one attached hydrogen (secondary N) is 1. The van der Waals surface area contributed by atoms with Crippen LogP contribution in [0.2, 0.25) is 0 Å². The Kier molecular flexibility index (Phi) is 8.26. The zero-order valence-electron chi connectivity index (χ0n) is 11.6. The van der Waals surface area contributed by atoms with E-state index in [1.54, 1.807) is 0 Å². The fraction of sp³-hybridized carbons (Fsp3) is 0.600. The SMILES string of the molecule is CCCCCOCCOc1ccccc1CNC. The lowest BCUT2D eigenvalue weighted by atomic mass is 10.2. The monoisotopic (exact) mass is 251 g/mol. The maximum absolute atomic E-state index is 5.73. The highest BCUT2D eigenvalue weighted by Gasteiger charge is 2.01. The Balaban J connectivity index is 2.18. The predicted octanol–water partition coefficient (Wildman–Crippen LogP) is 2.99. The van der Waals surface area contributed by atoms with Crippen LogP contribution in [0.1, 0.15) is 31.7 Å². The molecule has 102 valence electrons. The van der Waals surface area contributed by atoms with Gasteiger partial charge in [-0.1, -0.05) is 38.0 Å². The minimum atomic E-state index is 0.618. The van der Waals surface area contributed by atoms with Gasteiger partial charge in [0.25, 0.3) is 0 Å². The third-order valence-corrected chi connectivity index (χ3v) is 2.72. The molecule has 0 spiro atoms. The van der Waals surface area contributed by atoms with Gasteiger partial charge in [0.2, 0.25) is 0 Å². The second-order valence-corrected chi connectivity index (χ2v) is 4.31. The molecule has 0 aliphatic carbocycles. The van der Waals surface area contributed by atoms with E-state index in [0.717, 1.165) is 25.3 Å². The number of rotatable bonds is 10. The van der Waals surface area contributed by atoms with E-state index >= 15 is 0 Å². The van der Waals surface area contributed by atoms with Crippen molar-refractivity contribution in [3.63, 3.8) is 0 Å². The lowest BCUT2D eigenvalue weighted by Gasteiger charge is -2.11. The van der Waals surface area contributed by atoms with E-state index in [1.807, 2.05) is 25.2 Å². The fourth-order valence-electron chi connectivity index (χ4n) is 1.75. The van der Waals surface area contributed by atoms with Crippen molar-refractivity contribution in [2.75, 3.05) is 26.9 Å². The molecular formula is C15H25NO2. The van der Waals surface area contributed by atoms with E-state index in [2.05, 4.69) is 18.3 Å². The molecule has 0 aliphatic rings. The molecule has 0 saturated carbocycles. The molecule has 0 fully saturated rings. The van der Waals surface area contributed by atoms with E-state index in [4.69, 9.17) is 9.47 Å². The molecule has 1 rings (SSSR count). The quantitative estimate of drug-likeness (QED) is 0.648. The van der Waals surface area contributed by atoms with E-state index < -0.39 is 0 Å². The summed E-state index contributed by atoms with van der Waals surface area (Å²) in [4.78, 5) is 0. The van der Waals surface area contributed by atoms with Crippen molar-refractivity contribution in [3.8, 4) is 5.75 Å². The normalized spacial score (nSPS) is 10.6. The van der Waals surface area contributed by atoms with Gasteiger partial charge in [-0.3, -0.25) is 0 Å². The van der Waals surface area contributed by atoms with E-state index in [9.17, 15) is 0 Å². The number of para-hydroxylation sites is 1. The number of unbranched alkanes of at least 4 members (excludes halogenated alkanes) is 2. The Bertz CT molecular complexity index is 315. The Hall–Kier alpha value is -1.06. The summed E-state index contributed by atoms with van der Waals surface area (Å²) in [6.07, 6.45) is 3.62. The first-order valence-electron chi connectivity index (χ1n) is 6.81. The molecule has 3 heteroatoms. The van der Waals surface area contributed by atoms with Crippen molar-refractivity contribution >= 4 is 0 Å². The van der Waals surface area contributed by atoms with Gasteiger partial charge in [0, 0.05) is 18.7 Å². The van der Waals surface area contributed by atoms with E-state index in [0.29, 0.717) is 13.2 Å². The van der Waals surface area contributed by atoms with Crippen LogP contribution >= 0.6 is 0 Å². The van der Waals surface area contributed by atoms with E-state index in [-0.39, 0.29) is 0 Å². The highest BCUT2D eigenvalue weighted by atomic mass is 16.5. The number of hydrogen-bond acceptors (Lipinski definition) is 3. The van der Waals surface area contributed by atoms with Crippen molar-refractivity contribution in [1.82, 2.24) is 5.32 Å². The van der Waals surface area contributed by atoms with Gasteiger partial charge in [0.05, 0.1) is 6.61 Å². The summed E-state index contributed by atoms with van der Waals surface area (Å²) in [5, 5.41) is 3.14. The summed E-state index contributed by atoms with van der Waals surface area (Å²) < 4.78 is 11.2. The molecule has 0 heterocycles. The summed E-state index contributed by atoms with van der Waals surface area (Å²) in [5.41, 5.74) is 1.19. The minimum Gasteiger partial charge on any atom is -0.491 e. The lowest BCUT2D eigenvalue weighted by Crippen LogP contribution is -2.11. The topological polar surface area (TPSA) is 30.5 Å². The third kappa shape index (κ3) is 6.03. The van der Waals surface area contributed by atoms with Gasteiger partial charge in [-0.25, -0.2) is 0 Å². The zero-order valence-corrected chi connectivity index (χ0v) is 11.6. The average molecular weight is 251 g/mol. The van der Waals surface area contributed by atoms with Crippen LogP contribution < -0.4 is 10.1 Å². The van der Waals surface area contributed by atoms with Crippen molar-refractivity contribution in [1.29, 1.82) is 0 Å².